The zero-order valence-corrected chi connectivity index (χ0v) is 13.3. The second kappa shape index (κ2) is 5.87. The normalized spacial score (nSPS) is 12.4. The van der Waals surface area contributed by atoms with E-state index in [2.05, 4.69) is 0 Å². The molecule has 0 radical (unpaired) electrons. The summed E-state index contributed by atoms with van der Waals surface area (Å²) in [5.41, 5.74) is 2.85. The molecule has 1 N–H and O–H groups in total. The minimum Gasteiger partial charge on any atom is -0.355 e. The first-order chi connectivity index (χ1) is 9.82. The molecule has 2 rings (SSSR count). The van der Waals surface area contributed by atoms with Crippen molar-refractivity contribution in [1.82, 2.24) is 9.36 Å². The van der Waals surface area contributed by atoms with Crippen molar-refractivity contribution in [2.24, 2.45) is 7.05 Å². The first-order valence-corrected chi connectivity index (χ1v) is 7.74. The summed E-state index contributed by atoms with van der Waals surface area (Å²) in [4.78, 5) is 14.2. The Hall–Kier alpha value is -1.86. The molecule has 1 unspecified atom stereocenters. The lowest BCUT2D eigenvalue weighted by atomic mass is 10.2. The summed E-state index contributed by atoms with van der Waals surface area (Å²) in [6.45, 7) is 3.80. The van der Waals surface area contributed by atoms with Crippen LogP contribution < -0.4 is 10.5 Å². The van der Waals surface area contributed by atoms with Crippen LogP contribution in [-0.4, -0.2) is 31.0 Å². The molecule has 0 spiro atoms. The molecular weight excluding hydrogens is 290 g/mol. The smallest absolute Gasteiger partial charge is 0.295 e. The van der Waals surface area contributed by atoms with Crippen molar-refractivity contribution in [3.8, 4) is 5.69 Å². The van der Waals surface area contributed by atoms with E-state index in [-0.39, 0.29) is 11.4 Å². The van der Waals surface area contributed by atoms with Crippen LogP contribution in [0.15, 0.2) is 29.1 Å². The van der Waals surface area contributed by atoms with Gasteiger partial charge < -0.3 is 9.45 Å². The van der Waals surface area contributed by atoms with E-state index in [1.54, 1.807) is 23.5 Å². The third kappa shape index (κ3) is 2.93. The summed E-state index contributed by atoms with van der Waals surface area (Å²) in [5.74, 6) is -0.103. The van der Waals surface area contributed by atoms with Crippen molar-refractivity contribution in [3.05, 3.63) is 45.9 Å². The molecule has 0 saturated heterocycles. The molecule has 0 saturated carbocycles. The van der Waals surface area contributed by atoms with Crippen LogP contribution >= 0.6 is 0 Å². The second-order valence-corrected chi connectivity index (χ2v) is 5.96. The fourth-order valence-corrected chi connectivity index (χ4v) is 2.80. The van der Waals surface area contributed by atoms with E-state index in [0.717, 1.165) is 16.9 Å². The molecule has 1 aromatic heterocycles. The van der Waals surface area contributed by atoms with Crippen molar-refractivity contribution in [2.45, 2.75) is 13.8 Å². The van der Waals surface area contributed by atoms with E-state index in [0.29, 0.717) is 5.69 Å². The number of rotatable bonds is 4. The highest BCUT2D eigenvalue weighted by molar-refractivity contribution is 7.79. The van der Waals surface area contributed by atoms with Crippen LogP contribution in [0, 0.1) is 13.8 Å². The van der Waals surface area contributed by atoms with Crippen LogP contribution in [0.3, 0.4) is 0 Å². The third-order valence-corrected chi connectivity index (χ3v) is 4.10. The Morgan fingerprint density at radius 2 is 1.81 bits per heavy atom. The number of hydrogen-bond acceptors (Lipinski definition) is 3. The number of anilines is 1. The minimum atomic E-state index is -1.99. The van der Waals surface area contributed by atoms with Gasteiger partial charge in [0.2, 0.25) is 0 Å². The Kier molecular flexibility index (Phi) is 4.34. The maximum Gasteiger partial charge on any atom is 0.295 e. The van der Waals surface area contributed by atoms with Crippen LogP contribution in [-0.2, 0) is 18.1 Å². The van der Waals surface area contributed by atoms with E-state index < -0.39 is 11.1 Å². The Balaban J connectivity index is 2.57. The summed E-state index contributed by atoms with van der Waals surface area (Å²) in [6.07, 6.45) is 0. The molecule has 6 nitrogen and oxygen atoms in total. The maximum atomic E-state index is 12.6. The molecule has 7 heteroatoms. The van der Waals surface area contributed by atoms with E-state index in [4.69, 9.17) is 4.55 Å². The number of benzene rings is 1. The molecule has 1 heterocycles. The first-order valence-electron chi connectivity index (χ1n) is 6.47. The van der Waals surface area contributed by atoms with Crippen LogP contribution in [0.5, 0.6) is 0 Å². The van der Waals surface area contributed by atoms with Gasteiger partial charge in [-0.1, -0.05) is 17.7 Å². The Bertz CT molecular complexity index is 731. The number of hydrogen-bond donors (Lipinski definition) is 1. The molecule has 0 aliphatic carbocycles. The summed E-state index contributed by atoms with van der Waals surface area (Å²) in [7, 11) is 3.43. The molecule has 0 aliphatic heterocycles. The minimum absolute atomic E-state index is 0.103. The fourth-order valence-electron chi connectivity index (χ4n) is 2.34. The van der Waals surface area contributed by atoms with E-state index in [9.17, 15) is 9.00 Å². The van der Waals surface area contributed by atoms with Crippen molar-refractivity contribution in [1.29, 1.82) is 0 Å². The summed E-state index contributed by atoms with van der Waals surface area (Å²) < 4.78 is 23.3. The molecule has 0 fully saturated rings. The van der Waals surface area contributed by atoms with Gasteiger partial charge >= 0.3 is 0 Å². The molecule has 21 heavy (non-hydrogen) atoms. The van der Waals surface area contributed by atoms with E-state index in [1.807, 2.05) is 38.1 Å². The molecular formula is C14H19N3O3S. The number of aromatic nitrogens is 2. The van der Waals surface area contributed by atoms with Gasteiger partial charge in [0, 0.05) is 14.1 Å². The van der Waals surface area contributed by atoms with Gasteiger partial charge in [-0.3, -0.25) is 9.48 Å². The molecule has 1 atom stereocenters. The quantitative estimate of drug-likeness (QED) is 0.867. The highest BCUT2D eigenvalue weighted by Crippen LogP contribution is 2.17. The molecule has 1 aromatic carbocycles. The number of aryl methyl sites for hydroxylation is 1. The van der Waals surface area contributed by atoms with Gasteiger partial charge in [-0.2, -0.15) is 0 Å². The van der Waals surface area contributed by atoms with Gasteiger partial charge in [-0.15, -0.1) is 0 Å². The topological polar surface area (TPSA) is 67.5 Å². The van der Waals surface area contributed by atoms with Crippen LogP contribution in [0.25, 0.3) is 5.69 Å². The van der Waals surface area contributed by atoms with Gasteiger partial charge in [0.05, 0.1) is 11.4 Å². The summed E-state index contributed by atoms with van der Waals surface area (Å²) in [6, 6.07) is 7.64. The monoisotopic (exact) mass is 309 g/mol. The lowest BCUT2D eigenvalue weighted by molar-refractivity contribution is 0.563. The van der Waals surface area contributed by atoms with Gasteiger partial charge in [-0.25, -0.2) is 8.89 Å². The Morgan fingerprint density at radius 3 is 2.33 bits per heavy atom. The summed E-state index contributed by atoms with van der Waals surface area (Å²) >= 11 is -1.99. The fraction of sp³-hybridized carbons (Fsp3) is 0.357. The third-order valence-electron chi connectivity index (χ3n) is 3.49. The molecule has 2 aromatic rings. The lowest BCUT2D eigenvalue weighted by Crippen LogP contribution is -2.28. The van der Waals surface area contributed by atoms with Crippen molar-refractivity contribution in [2.75, 3.05) is 17.8 Å². The van der Waals surface area contributed by atoms with Gasteiger partial charge in [-0.05, 0) is 26.0 Å². The van der Waals surface area contributed by atoms with E-state index >= 15 is 0 Å². The zero-order chi connectivity index (χ0) is 15.7. The Morgan fingerprint density at radius 1 is 1.24 bits per heavy atom. The maximum absolute atomic E-state index is 12.6. The predicted molar refractivity (Wildman–Crippen MR) is 84.5 cm³/mol. The number of nitrogens with zero attached hydrogens (tertiary/aromatic N) is 3. The lowest BCUT2D eigenvalue weighted by Gasteiger charge is -2.14. The summed E-state index contributed by atoms with van der Waals surface area (Å²) in [5, 5.41) is 0. The van der Waals surface area contributed by atoms with Crippen LogP contribution in [0.4, 0.5) is 5.69 Å². The standard InChI is InChI=1S/C14H19N3O3S/c1-10-5-7-12(8-6-10)17-14(18)13(11(2)16(17)4)15(3)9-21(19)20/h5-8H,9H2,1-4H3,(H,19,20). The van der Waals surface area contributed by atoms with Gasteiger partial charge in [0.15, 0.2) is 11.1 Å². The highest BCUT2D eigenvalue weighted by atomic mass is 32.2. The van der Waals surface area contributed by atoms with Crippen LogP contribution in [0.1, 0.15) is 11.3 Å². The largest absolute Gasteiger partial charge is 0.355 e. The predicted octanol–water partition coefficient (Wildman–Crippen LogP) is 1.41. The van der Waals surface area contributed by atoms with Crippen LogP contribution in [0.2, 0.25) is 0 Å². The first kappa shape index (κ1) is 15.5. The Labute approximate surface area is 125 Å². The molecule has 0 amide bonds. The molecule has 114 valence electrons. The van der Waals surface area contributed by atoms with Crippen molar-refractivity contribution < 1.29 is 8.76 Å². The van der Waals surface area contributed by atoms with Crippen molar-refractivity contribution in [3.63, 3.8) is 0 Å². The average molecular weight is 309 g/mol. The highest BCUT2D eigenvalue weighted by Gasteiger charge is 2.20. The SMILES string of the molecule is Cc1ccc(-n2c(=O)c(N(C)CS(=O)O)c(C)n2C)cc1. The molecule has 0 aliphatic rings. The average Bonchev–Trinajstić information content (AvgIpc) is 2.61. The van der Waals surface area contributed by atoms with Crippen molar-refractivity contribution >= 4 is 16.8 Å². The van der Waals surface area contributed by atoms with Gasteiger partial charge in [0.1, 0.15) is 11.6 Å². The molecule has 0 bridgehead atoms. The van der Waals surface area contributed by atoms with E-state index in [1.165, 1.54) is 4.90 Å². The second-order valence-electron chi connectivity index (χ2n) is 5.06. The zero-order valence-electron chi connectivity index (χ0n) is 12.5. The van der Waals surface area contributed by atoms with Gasteiger partial charge in [0.25, 0.3) is 5.56 Å².